The second-order valence-electron chi connectivity index (χ2n) is 15.9. The molecule has 13 nitrogen and oxygen atoms in total. The molecule has 316 valence electrons. The van der Waals surface area contributed by atoms with Crippen molar-refractivity contribution in [3.05, 3.63) is 41.0 Å². The highest BCUT2D eigenvalue weighted by molar-refractivity contribution is 8.76. The topological polar surface area (TPSA) is 211 Å². The van der Waals surface area contributed by atoms with Crippen molar-refractivity contribution in [3.8, 4) is 28.7 Å². The van der Waals surface area contributed by atoms with Gasteiger partial charge in [-0.3, -0.25) is 0 Å². The number of phenols is 2. The molecule has 0 amide bonds. The molecule has 0 unspecified atom stereocenters. The minimum atomic E-state index is -1.06. The summed E-state index contributed by atoms with van der Waals surface area (Å²) in [5, 5.41) is 87.7. The van der Waals surface area contributed by atoms with Gasteiger partial charge in [0.1, 0.15) is 6.79 Å². The highest BCUT2D eigenvalue weighted by Gasteiger charge is 2.51. The average Bonchev–Trinajstić information content (AvgIpc) is 3.74. The number of benzene rings is 2. The second kappa shape index (κ2) is 21.2. The molecule has 2 fully saturated rings. The molecule has 2 saturated carbocycles. The van der Waals surface area contributed by atoms with Gasteiger partial charge in [-0.15, -0.1) is 0 Å². The van der Waals surface area contributed by atoms with Crippen molar-refractivity contribution < 1.29 is 59.8 Å². The number of fused-ring (bicyclic) bond motifs is 1. The van der Waals surface area contributed by atoms with Crippen LogP contribution in [0, 0.1) is 17.3 Å². The lowest BCUT2D eigenvalue weighted by molar-refractivity contribution is -0.0808. The number of aromatic hydroxyl groups is 2. The number of ether oxygens (including phenoxy) is 4. The lowest BCUT2D eigenvalue weighted by Gasteiger charge is -2.31. The monoisotopic (exact) mass is 825 g/mol. The first kappa shape index (κ1) is 44.9. The summed E-state index contributed by atoms with van der Waals surface area (Å²) in [4.78, 5) is 0. The van der Waals surface area contributed by atoms with E-state index in [4.69, 9.17) is 18.9 Å². The Labute approximate surface area is 338 Å². The zero-order valence-corrected chi connectivity index (χ0v) is 34.5. The van der Waals surface area contributed by atoms with Gasteiger partial charge in [0.25, 0.3) is 0 Å². The number of nitrogens with one attached hydrogen (secondary N) is 1. The van der Waals surface area contributed by atoms with E-state index in [2.05, 4.69) is 12.2 Å². The zero-order valence-electron chi connectivity index (χ0n) is 32.8. The van der Waals surface area contributed by atoms with Crippen LogP contribution in [0.15, 0.2) is 24.3 Å². The van der Waals surface area contributed by atoms with Crippen LogP contribution < -0.4 is 19.5 Å². The van der Waals surface area contributed by atoms with Gasteiger partial charge in [0.2, 0.25) is 5.75 Å². The average molecular weight is 826 g/mol. The Hall–Kier alpha value is -2.18. The van der Waals surface area contributed by atoms with E-state index in [1.165, 1.54) is 34.8 Å². The quantitative estimate of drug-likeness (QED) is 0.0890. The van der Waals surface area contributed by atoms with Gasteiger partial charge in [0.05, 0.1) is 37.6 Å². The Morgan fingerprint density at radius 1 is 0.946 bits per heavy atom. The minimum Gasteiger partial charge on any atom is -0.504 e. The molecule has 1 heterocycles. The van der Waals surface area contributed by atoms with Crippen molar-refractivity contribution in [2.45, 2.75) is 126 Å². The molecule has 0 radical (unpaired) electrons. The molecule has 5 rings (SSSR count). The van der Waals surface area contributed by atoms with Crippen molar-refractivity contribution in [3.63, 3.8) is 0 Å². The van der Waals surface area contributed by atoms with Crippen LogP contribution in [-0.4, -0.2) is 117 Å². The molecule has 2 aromatic rings. The van der Waals surface area contributed by atoms with Crippen LogP contribution in [-0.2, 0) is 17.6 Å². The summed E-state index contributed by atoms with van der Waals surface area (Å²) in [7, 11) is 4.30. The predicted octanol–water partition coefficient (Wildman–Crippen LogP) is 4.57. The third-order valence-electron chi connectivity index (χ3n) is 12.1. The summed E-state index contributed by atoms with van der Waals surface area (Å²) in [6, 6.07) is 7.13. The lowest BCUT2D eigenvalue weighted by Crippen LogP contribution is -2.38. The predicted molar refractivity (Wildman–Crippen MR) is 216 cm³/mol. The lowest BCUT2D eigenvalue weighted by atomic mass is 9.75. The SMILES string of the molecule is CC[C@H]1C[C@H](NC[C@H](C)O)C[C@@]12CC[C@H](Oc1cc3c(cc1O)[C@H](CCO)SSC[C@H](O)[C@@H](Cc1cc(OC)c(O)c(OCO)c1)[C@H](O)C[C@@H](OCO)CC3)C2. The molecule has 3 aliphatic rings. The van der Waals surface area contributed by atoms with E-state index in [-0.39, 0.29) is 65.0 Å². The summed E-state index contributed by atoms with van der Waals surface area (Å²) in [5.41, 5.74) is 2.51. The second-order valence-corrected chi connectivity index (χ2v) is 18.5. The van der Waals surface area contributed by atoms with Gasteiger partial charge < -0.3 is 65.1 Å². The molecule has 0 bridgehead atoms. The van der Waals surface area contributed by atoms with E-state index in [1.54, 1.807) is 19.1 Å². The molecule has 10 atom stereocenters. The number of rotatable bonds is 15. The van der Waals surface area contributed by atoms with Crippen LogP contribution in [0.1, 0.15) is 93.6 Å². The van der Waals surface area contributed by atoms with Crippen LogP contribution >= 0.6 is 21.6 Å². The number of aliphatic hydroxyl groups is 6. The third-order valence-corrected chi connectivity index (χ3v) is 15.0. The summed E-state index contributed by atoms with van der Waals surface area (Å²) >= 11 is 0. The van der Waals surface area contributed by atoms with E-state index in [0.29, 0.717) is 49.1 Å². The van der Waals surface area contributed by atoms with Gasteiger partial charge in [0, 0.05) is 36.1 Å². The fourth-order valence-corrected chi connectivity index (χ4v) is 12.2. The molecular weight excluding hydrogens is 763 g/mol. The molecule has 56 heavy (non-hydrogen) atoms. The van der Waals surface area contributed by atoms with Crippen molar-refractivity contribution in [1.82, 2.24) is 5.32 Å². The largest absolute Gasteiger partial charge is 0.504 e. The number of aryl methyl sites for hydroxylation is 1. The highest BCUT2D eigenvalue weighted by atomic mass is 33.1. The van der Waals surface area contributed by atoms with Gasteiger partial charge >= 0.3 is 0 Å². The smallest absolute Gasteiger partial charge is 0.200 e. The number of aliphatic hydroxyl groups excluding tert-OH is 6. The van der Waals surface area contributed by atoms with Crippen LogP contribution in [0.5, 0.6) is 28.7 Å². The first-order valence-corrected chi connectivity index (χ1v) is 22.4. The highest BCUT2D eigenvalue weighted by Crippen LogP contribution is 2.56. The maximum absolute atomic E-state index is 11.7. The molecule has 0 saturated heterocycles. The Morgan fingerprint density at radius 3 is 2.43 bits per heavy atom. The van der Waals surface area contributed by atoms with E-state index in [1.807, 2.05) is 6.07 Å². The van der Waals surface area contributed by atoms with Crippen LogP contribution in [0.25, 0.3) is 0 Å². The third kappa shape index (κ3) is 11.3. The summed E-state index contributed by atoms with van der Waals surface area (Å²) < 4.78 is 22.9. The van der Waals surface area contributed by atoms with Crippen LogP contribution in [0.3, 0.4) is 0 Å². The molecule has 0 aromatic heterocycles. The fourth-order valence-electron chi connectivity index (χ4n) is 9.32. The normalized spacial score (nSPS) is 30.6. The fraction of sp³-hybridized carbons (Fsp3) is 0.707. The molecule has 9 N–H and O–H groups in total. The summed E-state index contributed by atoms with van der Waals surface area (Å²) in [5.74, 6) is 0.384. The maximum Gasteiger partial charge on any atom is 0.200 e. The molecule has 1 spiro atoms. The Morgan fingerprint density at radius 2 is 1.73 bits per heavy atom. The molecule has 2 aromatic carbocycles. The van der Waals surface area contributed by atoms with Crippen molar-refractivity contribution >= 4 is 21.6 Å². The first-order chi connectivity index (χ1) is 26.9. The zero-order chi connectivity index (χ0) is 40.4. The first-order valence-electron chi connectivity index (χ1n) is 20.0. The summed E-state index contributed by atoms with van der Waals surface area (Å²) in [6.07, 6.45) is 4.52. The van der Waals surface area contributed by atoms with Gasteiger partial charge in [-0.25, -0.2) is 0 Å². The van der Waals surface area contributed by atoms with E-state index >= 15 is 0 Å². The van der Waals surface area contributed by atoms with Crippen molar-refractivity contribution in [2.75, 3.05) is 39.6 Å². The summed E-state index contributed by atoms with van der Waals surface area (Å²) in [6.45, 7) is 3.31. The maximum atomic E-state index is 11.7. The van der Waals surface area contributed by atoms with Crippen LogP contribution in [0.4, 0.5) is 0 Å². The molecular formula is C41H63NO12S2. The number of hydrogen-bond donors (Lipinski definition) is 9. The van der Waals surface area contributed by atoms with Gasteiger partial charge in [-0.1, -0.05) is 34.9 Å². The Kier molecular flexibility index (Phi) is 17.0. The van der Waals surface area contributed by atoms with Crippen LogP contribution in [0.2, 0.25) is 0 Å². The standard InChI is InChI=1S/C41H63NO12S2/c1-4-27-15-28(42-20-24(2)46)18-41(27)9-7-30(19-41)54-36-14-26-5-6-29(52-22-44)16-33(47)32(11-25-12-37(51-3)40(50)38(13-25)53-23-45)35(49)21-55-56-39(8-10-43)31(26)17-34(36)48/h12-14,17,24,27-30,32-33,35,39,42-50H,4-11,15-16,18-23H2,1-3H3/t24-,27-,28-,29-,30-,32-,33+,35-,39-,41+/m0/s1. The van der Waals surface area contributed by atoms with Gasteiger partial charge in [-0.2, -0.15) is 0 Å². The molecule has 2 aliphatic carbocycles. The Balaban J connectivity index is 1.37. The van der Waals surface area contributed by atoms with E-state index < -0.39 is 43.9 Å². The van der Waals surface area contributed by atoms with Gasteiger partial charge in [-0.05, 0) is 123 Å². The molecule has 15 heteroatoms. The van der Waals surface area contributed by atoms with Crippen molar-refractivity contribution in [2.24, 2.45) is 17.3 Å². The van der Waals surface area contributed by atoms with Crippen molar-refractivity contribution in [1.29, 1.82) is 0 Å². The number of methoxy groups -OCH3 is 1. The van der Waals surface area contributed by atoms with E-state index in [9.17, 15) is 40.9 Å². The molecule has 1 aliphatic heterocycles. The van der Waals surface area contributed by atoms with Gasteiger partial charge in [0.15, 0.2) is 29.8 Å². The number of phenolic OH excluding ortho intramolecular Hbond substituents is 2. The minimum absolute atomic E-state index is 0.00380. The Bertz CT molecular complexity index is 1540. The number of hydrogen-bond acceptors (Lipinski definition) is 15. The van der Waals surface area contributed by atoms with E-state index in [0.717, 1.165) is 49.7 Å².